The fourth-order valence-corrected chi connectivity index (χ4v) is 2.42. The van der Waals surface area contributed by atoms with Crippen molar-refractivity contribution in [3.8, 4) is 0 Å². The van der Waals surface area contributed by atoms with E-state index in [0.717, 1.165) is 6.54 Å². The van der Waals surface area contributed by atoms with E-state index >= 15 is 0 Å². The number of Topliss-reactive ketones (excluding diaryl/α,β-unsaturated/α-hetero) is 1. The molecule has 2 aromatic rings. The molecule has 0 amide bonds. The highest BCUT2D eigenvalue weighted by atomic mass is 16.5. The molecule has 1 fully saturated rings. The summed E-state index contributed by atoms with van der Waals surface area (Å²) in [5.74, 6) is 1.53. The summed E-state index contributed by atoms with van der Waals surface area (Å²) in [6.45, 7) is 4.21. The molecule has 7 nitrogen and oxygen atoms in total. The minimum atomic E-state index is -0.0233. The summed E-state index contributed by atoms with van der Waals surface area (Å²) in [5, 5.41) is 3.90. The fraction of sp³-hybridized carbons (Fsp3) is 0.500. The zero-order valence-electron chi connectivity index (χ0n) is 11.8. The van der Waals surface area contributed by atoms with Gasteiger partial charge in [-0.2, -0.15) is 4.98 Å². The van der Waals surface area contributed by atoms with E-state index in [2.05, 4.69) is 15.0 Å². The average molecular weight is 291 g/mol. The molecule has 21 heavy (non-hydrogen) atoms. The number of ether oxygens (including phenoxy) is 1. The van der Waals surface area contributed by atoms with E-state index in [1.54, 1.807) is 19.1 Å². The fourth-order valence-electron chi connectivity index (χ4n) is 2.42. The Hall–Kier alpha value is -1.99. The van der Waals surface area contributed by atoms with Crippen molar-refractivity contribution in [1.82, 2.24) is 15.0 Å². The number of nitrogens with zero attached hydrogens (tertiary/aromatic N) is 3. The number of furan rings is 1. The monoisotopic (exact) mass is 291 g/mol. The molecule has 3 heterocycles. The van der Waals surface area contributed by atoms with Crippen LogP contribution in [0.4, 0.5) is 0 Å². The molecule has 0 aromatic carbocycles. The third kappa shape index (κ3) is 3.37. The quantitative estimate of drug-likeness (QED) is 0.771. The van der Waals surface area contributed by atoms with Gasteiger partial charge in [-0.3, -0.25) is 9.69 Å². The molecule has 0 N–H and O–H groups in total. The number of carbonyl (C=O) groups excluding carboxylic acids is 1. The molecule has 1 aliphatic heterocycles. The molecule has 1 saturated heterocycles. The van der Waals surface area contributed by atoms with Gasteiger partial charge in [-0.1, -0.05) is 5.16 Å². The van der Waals surface area contributed by atoms with Gasteiger partial charge in [0.1, 0.15) is 0 Å². The number of hydrogen-bond donors (Lipinski definition) is 0. The molecule has 1 aliphatic rings. The van der Waals surface area contributed by atoms with Crippen LogP contribution >= 0.6 is 0 Å². The first kappa shape index (κ1) is 14.0. The van der Waals surface area contributed by atoms with Crippen LogP contribution in [0, 0.1) is 6.92 Å². The predicted molar refractivity (Wildman–Crippen MR) is 71.7 cm³/mol. The van der Waals surface area contributed by atoms with Gasteiger partial charge in [-0.15, -0.1) is 0 Å². The van der Waals surface area contributed by atoms with Crippen LogP contribution in [0.3, 0.4) is 0 Å². The second-order valence-corrected chi connectivity index (χ2v) is 5.03. The van der Waals surface area contributed by atoms with Crippen LogP contribution in [0.5, 0.6) is 0 Å². The van der Waals surface area contributed by atoms with E-state index < -0.39 is 0 Å². The third-order valence-electron chi connectivity index (χ3n) is 3.48. The Morgan fingerprint density at radius 3 is 3.14 bits per heavy atom. The lowest BCUT2D eigenvalue weighted by atomic mass is 10.1. The van der Waals surface area contributed by atoms with E-state index in [9.17, 15) is 4.79 Å². The van der Waals surface area contributed by atoms with Gasteiger partial charge in [-0.25, -0.2) is 0 Å². The smallest absolute Gasteiger partial charge is 0.223 e. The van der Waals surface area contributed by atoms with Crippen molar-refractivity contribution in [2.75, 3.05) is 19.8 Å². The molecule has 0 radical (unpaired) electrons. The van der Waals surface area contributed by atoms with E-state index in [4.69, 9.17) is 13.7 Å². The zero-order valence-corrected chi connectivity index (χ0v) is 11.8. The molecule has 0 unspecified atom stereocenters. The minimum Gasteiger partial charge on any atom is -0.461 e. The first-order chi connectivity index (χ1) is 10.2. The SMILES string of the molecule is Cc1nc(CN2CCOC[C@@H]2CC(=O)c2ccco2)no1. The second kappa shape index (κ2) is 6.19. The number of morpholine rings is 1. The van der Waals surface area contributed by atoms with E-state index in [-0.39, 0.29) is 11.8 Å². The van der Waals surface area contributed by atoms with Gasteiger partial charge in [0.2, 0.25) is 5.89 Å². The largest absolute Gasteiger partial charge is 0.461 e. The highest BCUT2D eigenvalue weighted by Crippen LogP contribution is 2.16. The molecular weight excluding hydrogens is 274 g/mol. The highest BCUT2D eigenvalue weighted by Gasteiger charge is 2.27. The van der Waals surface area contributed by atoms with E-state index in [0.29, 0.717) is 43.7 Å². The van der Waals surface area contributed by atoms with Gasteiger partial charge in [0, 0.05) is 25.9 Å². The third-order valence-corrected chi connectivity index (χ3v) is 3.48. The lowest BCUT2D eigenvalue weighted by Gasteiger charge is -2.34. The Morgan fingerprint density at radius 2 is 2.43 bits per heavy atom. The van der Waals surface area contributed by atoms with Crippen molar-refractivity contribution in [2.45, 2.75) is 25.9 Å². The maximum absolute atomic E-state index is 12.2. The maximum Gasteiger partial charge on any atom is 0.223 e. The molecule has 3 rings (SSSR count). The summed E-state index contributed by atoms with van der Waals surface area (Å²) in [5.41, 5.74) is 0. The summed E-state index contributed by atoms with van der Waals surface area (Å²) in [4.78, 5) is 18.5. The topological polar surface area (TPSA) is 81.6 Å². The molecule has 0 aliphatic carbocycles. The maximum atomic E-state index is 12.2. The molecule has 7 heteroatoms. The number of hydrogen-bond acceptors (Lipinski definition) is 7. The first-order valence-electron chi connectivity index (χ1n) is 6.90. The zero-order chi connectivity index (χ0) is 14.7. The van der Waals surface area contributed by atoms with Crippen LogP contribution in [0.25, 0.3) is 0 Å². The molecule has 0 bridgehead atoms. The standard InChI is InChI=1S/C14H17N3O4/c1-10-15-14(16-21-10)8-17-4-6-19-9-11(17)7-12(18)13-3-2-5-20-13/h2-3,5,11H,4,6-9H2,1H3/t11-/m0/s1. The Morgan fingerprint density at radius 1 is 1.52 bits per heavy atom. The number of carbonyl (C=O) groups is 1. The molecular formula is C14H17N3O4. The lowest BCUT2D eigenvalue weighted by Crippen LogP contribution is -2.46. The number of aryl methyl sites for hydroxylation is 1. The molecule has 1 atom stereocenters. The summed E-state index contributed by atoms with van der Waals surface area (Å²) >= 11 is 0. The second-order valence-electron chi connectivity index (χ2n) is 5.03. The van der Waals surface area contributed by atoms with Gasteiger partial charge in [0.15, 0.2) is 17.4 Å². The average Bonchev–Trinajstić information content (AvgIpc) is 3.13. The van der Waals surface area contributed by atoms with Crippen molar-refractivity contribution >= 4 is 5.78 Å². The summed E-state index contributed by atoms with van der Waals surface area (Å²) in [6.07, 6.45) is 1.86. The van der Waals surface area contributed by atoms with Crippen LogP contribution in [0.2, 0.25) is 0 Å². The first-order valence-corrected chi connectivity index (χ1v) is 6.90. The van der Waals surface area contributed by atoms with Crippen LogP contribution in [-0.2, 0) is 11.3 Å². The number of aromatic nitrogens is 2. The Balaban J connectivity index is 1.65. The lowest BCUT2D eigenvalue weighted by molar-refractivity contribution is -0.0141. The summed E-state index contributed by atoms with van der Waals surface area (Å²) < 4.78 is 15.6. The van der Waals surface area contributed by atoms with Crippen LogP contribution in [-0.4, -0.2) is 46.6 Å². The number of ketones is 1. The van der Waals surface area contributed by atoms with Gasteiger partial charge in [0.05, 0.1) is 26.0 Å². The highest BCUT2D eigenvalue weighted by molar-refractivity contribution is 5.93. The predicted octanol–water partition coefficient (Wildman–Crippen LogP) is 1.44. The van der Waals surface area contributed by atoms with Crippen LogP contribution < -0.4 is 0 Å². The van der Waals surface area contributed by atoms with Gasteiger partial charge >= 0.3 is 0 Å². The summed E-state index contributed by atoms with van der Waals surface area (Å²) in [7, 11) is 0. The van der Waals surface area contributed by atoms with Crippen LogP contribution in [0.15, 0.2) is 27.3 Å². The minimum absolute atomic E-state index is 0.00449. The normalized spacial score (nSPS) is 19.8. The van der Waals surface area contributed by atoms with Crippen molar-refractivity contribution in [3.05, 3.63) is 35.9 Å². The Labute approximate surface area is 121 Å². The number of rotatable bonds is 5. The van der Waals surface area contributed by atoms with E-state index in [1.807, 2.05) is 0 Å². The Bertz CT molecular complexity index is 593. The van der Waals surface area contributed by atoms with Crippen LogP contribution in [0.1, 0.15) is 28.7 Å². The van der Waals surface area contributed by atoms with Crippen molar-refractivity contribution in [1.29, 1.82) is 0 Å². The van der Waals surface area contributed by atoms with Crippen molar-refractivity contribution in [3.63, 3.8) is 0 Å². The van der Waals surface area contributed by atoms with E-state index in [1.165, 1.54) is 6.26 Å². The Kier molecular flexibility index (Phi) is 4.12. The van der Waals surface area contributed by atoms with Crippen molar-refractivity contribution in [2.24, 2.45) is 0 Å². The molecule has 2 aromatic heterocycles. The van der Waals surface area contributed by atoms with Gasteiger partial charge in [0.25, 0.3) is 0 Å². The molecule has 112 valence electrons. The molecule has 0 saturated carbocycles. The van der Waals surface area contributed by atoms with Crippen molar-refractivity contribution < 1.29 is 18.5 Å². The molecule has 0 spiro atoms. The van der Waals surface area contributed by atoms with Gasteiger partial charge < -0.3 is 13.7 Å². The summed E-state index contributed by atoms with van der Waals surface area (Å²) in [6, 6.07) is 3.39. The van der Waals surface area contributed by atoms with Gasteiger partial charge in [-0.05, 0) is 12.1 Å².